The minimum atomic E-state index is -0.721. The van der Waals surface area contributed by atoms with Gasteiger partial charge in [-0.3, -0.25) is 19.2 Å². The zero-order valence-electron chi connectivity index (χ0n) is 32.3. The molecule has 4 aromatic carbocycles. The van der Waals surface area contributed by atoms with E-state index in [9.17, 15) is 20.0 Å². The monoisotopic (exact) mass is 792 g/mol. The maximum absolute atomic E-state index is 15.7. The fraction of sp³-hybridized carbons (Fsp3) is 0.364. The summed E-state index contributed by atoms with van der Waals surface area (Å²) in [4.78, 5) is 25.2. The summed E-state index contributed by atoms with van der Waals surface area (Å²) in [5.74, 6) is -0.324. The van der Waals surface area contributed by atoms with E-state index in [1.807, 2.05) is 60.3 Å². The number of ether oxygens (including phenoxy) is 2. The molecule has 0 spiro atoms. The van der Waals surface area contributed by atoms with Gasteiger partial charge >= 0.3 is 5.97 Å². The van der Waals surface area contributed by atoms with Crippen molar-refractivity contribution in [1.29, 1.82) is 5.26 Å². The summed E-state index contributed by atoms with van der Waals surface area (Å²) in [5.41, 5.74) is 6.25. The molecule has 57 heavy (non-hydrogen) atoms. The molecule has 1 aromatic heterocycles. The van der Waals surface area contributed by atoms with Crippen molar-refractivity contribution in [1.82, 2.24) is 25.3 Å². The number of carboxylic acid groups (broad SMARTS) is 1. The Morgan fingerprint density at radius 2 is 1.77 bits per heavy atom. The smallest absolute Gasteiger partial charge is 0.306 e. The normalized spacial score (nSPS) is 18.1. The third kappa shape index (κ3) is 8.47. The Kier molecular flexibility index (Phi) is 12.1. The molecule has 13 heteroatoms. The van der Waals surface area contributed by atoms with Gasteiger partial charge in [0.2, 0.25) is 5.91 Å². The summed E-state index contributed by atoms with van der Waals surface area (Å²) >= 11 is 7.15. The van der Waals surface area contributed by atoms with Crippen LogP contribution in [0.1, 0.15) is 60.8 Å². The zero-order valence-corrected chi connectivity index (χ0v) is 33.0. The van der Waals surface area contributed by atoms with Crippen LogP contribution >= 0.6 is 11.6 Å². The molecule has 2 heterocycles. The van der Waals surface area contributed by atoms with E-state index >= 15 is 4.39 Å². The Hall–Kier alpha value is -5.48. The number of aliphatic carboxylic acids is 1. The number of aromatic nitrogens is 2. The van der Waals surface area contributed by atoms with Crippen LogP contribution in [-0.2, 0) is 29.2 Å². The lowest BCUT2D eigenvalue weighted by Crippen LogP contribution is -2.36. The molecule has 1 saturated carbocycles. The number of benzene rings is 4. The summed E-state index contributed by atoms with van der Waals surface area (Å²) in [6.45, 7) is 1.66. The molecule has 11 nitrogen and oxygen atoms in total. The van der Waals surface area contributed by atoms with E-state index in [2.05, 4.69) is 21.6 Å². The number of nitriles is 1. The van der Waals surface area contributed by atoms with E-state index in [4.69, 9.17) is 26.2 Å². The van der Waals surface area contributed by atoms with Gasteiger partial charge < -0.3 is 25.2 Å². The fourth-order valence-electron chi connectivity index (χ4n) is 8.29. The molecule has 3 N–H and O–H groups in total. The average molecular weight is 793 g/mol. The number of hydrogen-bond acceptors (Lipinski definition) is 8. The molecule has 1 aliphatic heterocycles. The molecule has 1 amide bonds. The molecule has 2 aliphatic rings. The third-order valence-corrected chi connectivity index (χ3v) is 11.9. The summed E-state index contributed by atoms with van der Waals surface area (Å²) in [6, 6.07) is 21.3. The van der Waals surface area contributed by atoms with Crippen LogP contribution in [0.3, 0.4) is 0 Å². The van der Waals surface area contributed by atoms with Gasteiger partial charge in [-0.25, -0.2) is 4.39 Å². The molecular formula is C44H46ClFN6O5. The average Bonchev–Trinajstić information content (AvgIpc) is 3.83. The third-order valence-electron chi connectivity index (χ3n) is 11.5. The van der Waals surface area contributed by atoms with Crippen LogP contribution < -0.4 is 20.1 Å². The molecule has 2 fully saturated rings. The summed E-state index contributed by atoms with van der Waals surface area (Å²) < 4.78 is 29.0. The Bertz CT molecular complexity index is 2350. The van der Waals surface area contributed by atoms with Crippen molar-refractivity contribution in [2.45, 2.75) is 70.2 Å². The molecule has 0 radical (unpaired) electrons. The fourth-order valence-corrected chi connectivity index (χ4v) is 8.62. The lowest BCUT2D eigenvalue weighted by atomic mass is 9.85. The van der Waals surface area contributed by atoms with Gasteiger partial charge in [0.25, 0.3) is 0 Å². The predicted octanol–water partition coefficient (Wildman–Crippen LogP) is 7.54. The summed E-state index contributed by atoms with van der Waals surface area (Å²) in [5, 5.41) is 31.9. The van der Waals surface area contributed by atoms with E-state index < -0.39 is 11.8 Å². The molecular weight excluding hydrogens is 747 g/mol. The quantitative estimate of drug-likeness (QED) is 0.104. The number of hydrogen-bond donors (Lipinski definition) is 3. The van der Waals surface area contributed by atoms with E-state index in [1.54, 1.807) is 19.4 Å². The molecule has 5 aromatic rings. The second-order valence-corrected chi connectivity index (χ2v) is 15.4. The van der Waals surface area contributed by atoms with E-state index in [0.29, 0.717) is 77.7 Å². The Morgan fingerprint density at radius 1 is 1.04 bits per heavy atom. The van der Waals surface area contributed by atoms with Crippen LogP contribution in [0.4, 0.5) is 4.39 Å². The minimum absolute atomic E-state index is 0.0255. The first kappa shape index (κ1) is 39.7. The highest BCUT2D eigenvalue weighted by molar-refractivity contribution is 6.36. The van der Waals surface area contributed by atoms with Gasteiger partial charge in [0.15, 0.2) is 0 Å². The maximum atomic E-state index is 15.7. The number of amides is 1. The van der Waals surface area contributed by atoms with Crippen molar-refractivity contribution < 1.29 is 28.6 Å². The highest BCUT2D eigenvalue weighted by atomic mass is 35.5. The number of carbonyl (C=O) groups is 2. The first-order chi connectivity index (χ1) is 27.6. The lowest BCUT2D eigenvalue weighted by molar-refractivity contribution is -0.143. The number of methoxy groups -OCH3 is 2. The lowest BCUT2D eigenvalue weighted by Gasteiger charge is -2.33. The van der Waals surface area contributed by atoms with Crippen LogP contribution in [0.15, 0.2) is 66.9 Å². The molecule has 0 bridgehead atoms. The topological polar surface area (TPSA) is 142 Å². The Morgan fingerprint density at radius 3 is 2.47 bits per heavy atom. The summed E-state index contributed by atoms with van der Waals surface area (Å²) in [6.07, 6.45) is 5.99. The number of carboxylic acids is 1. The van der Waals surface area contributed by atoms with Crippen LogP contribution in [0.2, 0.25) is 5.02 Å². The van der Waals surface area contributed by atoms with Crippen molar-refractivity contribution >= 4 is 34.4 Å². The summed E-state index contributed by atoms with van der Waals surface area (Å²) in [7, 11) is 5.17. The first-order valence-electron chi connectivity index (χ1n) is 19.2. The molecule has 1 saturated heterocycles. The van der Waals surface area contributed by atoms with E-state index in [1.165, 1.54) is 13.2 Å². The van der Waals surface area contributed by atoms with Gasteiger partial charge in [0.05, 0.1) is 55.1 Å². The molecule has 1 unspecified atom stereocenters. The van der Waals surface area contributed by atoms with Gasteiger partial charge in [-0.1, -0.05) is 41.9 Å². The Balaban J connectivity index is 1.12. The van der Waals surface area contributed by atoms with Gasteiger partial charge in [-0.05, 0) is 86.2 Å². The zero-order chi connectivity index (χ0) is 40.2. The molecule has 296 valence electrons. The predicted molar refractivity (Wildman–Crippen MR) is 217 cm³/mol. The largest absolute Gasteiger partial charge is 0.496 e. The van der Waals surface area contributed by atoms with Crippen LogP contribution in [-0.4, -0.2) is 71.6 Å². The van der Waals surface area contributed by atoms with Crippen LogP contribution in [0.5, 0.6) is 11.5 Å². The number of rotatable bonds is 14. The minimum Gasteiger partial charge on any atom is -0.496 e. The standard InChI is InChI=1S/C44H46ClFN6O5/c1-51(32-13-10-26(11-14-32)44(54)55)24-30-16-28(20-47)29(19-40(30)56-2)25-52-39-9-5-7-34(36(39)23-49-52)35-8-4-6-33(43(35)45)27-17-38(46)37(41(18-27)57-3)22-48-21-31-12-15-42(53)50-31/h4-9,16-19,23,26,31-32,48H,10-15,21-22,24-25H2,1-3H3,(H,50,53)(H,54,55). The number of nitrogens with one attached hydrogen (secondary N) is 2. The number of nitrogens with zero attached hydrogens (tertiary/aromatic N) is 4. The van der Waals surface area contributed by atoms with Crippen molar-refractivity contribution in [3.05, 3.63) is 100.0 Å². The van der Waals surface area contributed by atoms with Gasteiger partial charge in [-0.2, -0.15) is 10.4 Å². The van der Waals surface area contributed by atoms with Crippen molar-refractivity contribution in [2.75, 3.05) is 27.8 Å². The van der Waals surface area contributed by atoms with Crippen LogP contribution in [0.25, 0.3) is 33.2 Å². The maximum Gasteiger partial charge on any atom is 0.306 e. The van der Waals surface area contributed by atoms with E-state index in [0.717, 1.165) is 52.4 Å². The second-order valence-electron chi connectivity index (χ2n) is 15.0. The highest BCUT2D eigenvalue weighted by Gasteiger charge is 2.29. The van der Waals surface area contributed by atoms with Crippen molar-refractivity contribution in [2.24, 2.45) is 5.92 Å². The number of fused-ring (bicyclic) bond motifs is 1. The van der Waals surface area contributed by atoms with Crippen LogP contribution in [0, 0.1) is 23.1 Å². The molecule has 1 atom stereocenters. The van der Waals surface area contributed by atoms with Gasteiger partial charge in [-0.15, -0.1) is 0 Å². The molecule has 1 aliphatic carbocycles. The Labute approximate surface area is 336 Å². The number of carbonyl (C=O) groups excluding carboxylic acids is 1. The van der Waals surface area contributed by atoms with Crippen molar-refractivity contribution in [3.8, 4) is 39.8 Å². The van der Waals surface area contributed by atoms with Crippen molar-refractivity contribution in [3.63, 3.8) is 0 Å². The van der Waals surface area contributed by atoms with E-state index in [-0.39, 0.29) is 30.5 Å². The SMILES string of the molecule is COc1cc(Cn2ncc3c(-c4cccc(-c5cc(F)c(CNCC6CCC(=O)N6)c(OC)c5)c4Cl)cccc32)c(C#N)cc1CN(C)C1CCC(C(=O)O)CC1. The first-order valence-corrected chi connectivity index (χ1v) is 19.6. The second kappa shape index (κ2) is 17.3. The van der Waals surface area contributed by atoms with Gasteiger partial charge in [0, 0.05) is 65.8 Å². The number of halogens is 2. The van der Waals surface area contributed by atoms with Gasteiger partial charge in [0.1, 0.15) is 17.3 Å². The highest BCUT2D eigenvalue weighted by Crippen LogP contribution is 2.41. The molecule has 7 rings (SSSR count).